The van der Waals surface area contributed by atoms with E-state index in [1.54, 1.807) is 4.90 Å². The number of piperazine rings is 1. The van der Waals surface area contributed by atoms with Crippen LogP contribution in [0.1, 0.15) is 34.6 Å². The van der Waals surface area contributed by atoms with Crippen molar-refractivity contribution in [1.29, 1.82) is 0 Å². The third-order valence-corrected chi connectivity index (χ3v) is 3.84. The zero-order valence-corrected chi connectivity index (χ0v) is 14.0. The Morgan fingerprint density at radius 3 is 2.00 bits per heavy atom. The first-order valence-electron chi connectivity index (χ1n) is 7.45. The summed E-state index contributed by atoms with van der Waals surface area (Å²) in [7, 11) is 1.41. The van der Waals surface area contributed by atoms with Crippen LogP contribution in [-0.4, -0.2) is 66.8 Å². The zero-order chi connectivity index (χ0) is 16.2. The summed E-state index contributed by atoms with van der Waals surface area (Å²) in [5.74, 6) is -0.375. The third-order valence-electron chi connectivity index (χ3n) is 3.84. The fraction of sp³-hybridized carbons (Fsp3) is 0.867. The second kappa shape index (κ2) is 7.11. The highest BCUT2D eigenvalue weighted by atomic mass is 16.6. The molecule has 0 radical (unpaired) electrons. The van der Waals surface area contributed by atoms with Crippen LogP contribution in [0.25, 0.3) is 0 Å². The van der Waals surface area contributed by atoms with E-state index in [9.17, 15) is 9.59 Å². The summed E-state index contributed by atoms with van der Waals surface area (Å²) in [5, 5.41) is 0. The molecular formula is C15H28N2O4. The summed E-state index contributed by atoms with van der Waals surface area (Å²) in [5.41, 5.74) is -0.471. The van der Waals surface area contributed by atoms with Crippen LogP contribution in [0.15, 0.2) is 0 Å². The molecule has 0 aromatic rings. The van der Waals surface area contributed by atoms with Crippen LogP contribution in [0.5, 0.6) is 0 Å². The second-order valence-electron chi connectivity index (χ2n) is 6.56. The average molecular weight is 300 g/mol. The molecule has 6 heteroatoms. The van der Waals surface area contributed by atoms with Crippen molar-refractivity contribution in [3.63, 3.8) is 0 Å². The number of carbonyl (C=O) groups is 2. The molecule has 2 atom stereocenters. The molecule has 0 N–H and O–H groups in total. The van der Waals surface area contributed by atoms with E-state index in [-0.39, 0.29) is 24.0 Å². The van der Waals surface area contributed by atoms with Gasteiger partial charge in [-0.25, -0.2) is 4.79 Å². The van der Waals surface area contributed by atoms with Crippen LogP contribution >= 0.6 is 0 Å². The zero-order valence-electron chi connectivity index (χ0n) is 14.0. The van der Waals surface area contributed by atoms with E-state index in [4.69, 9.17) is 9.47 Å². The molecule has 0 saturated carbocycles. The predicted octanol–water partition coefficient (Wildman–Crippen LogP) is 1.74. The Morgan fingerprint density at radius 2 is 1.57 bits per heavy atom. The topological polar surface area (TPSA) is 59.1 Å². The van der Waals surface area contributed by atoms with Crippen LogP contribution < -0.4 is 0 Å². The number of methoxy groups -OCH3 is 1. The van der Waals surface area contributed by atoms with Gasteiger partial charge in [-0.1, -0.05) is 6.92 Å². The van der Waals surface area contributed by atoms with Crippen LogP contribution in [0.2, 0.25) is 0 Å². The number of carbonyl (C=O) groups excluding carboxylic acids is 2. The number of ether oxygens (including phenoxy) is 2. The van der Waals surface area contributed by atoms with Gasteiger partial charge in [-0.2, -0.15) is 0 Å². The first-order valence-corrected chi connectivity index (χ1v) is 7.45. The normalized spacial score (nSPS) is 19.8. The van der Waals surface area contributed by atoms with Crippen molar-refractivity contribution in [3.8, 4) is 0 Å². The highest BCUT2D eigenvalue weighted by molar-refractivity contribution is 5.72. The van der Waals surface area contributed by atoms with Gasteiger partial charge in [0.15, 0.2) is 0 Å². The summed E-state index contributed by atoms with van der Waals surface area (Å²) < 4.78 is 10.2. The molecular weight excluding hydrogens is 272 g/mol. The summed E-state index contributed by atoms with van der Waals surface area (Å²) in [6.07, 6.45) is -0.268. The van der Waals surface area contributed by atoms with Gasteiger partial charge in [-0.3, -0.25) is 9.69 Å². The smallest absolute Gasteiger partial charge is 0.410 e. The van der Waals surface area contributed by atoms with Crippen LogP contribution in [0.3, 0.4) is 0 Å². The van der Waals surface area contributed by atoms with Gasteiger partial charge in [0.25, 0.3) is 0 Å². The van der Waals surface area contributed by atoms with Gasteiger partial charge in [-0.15, -0.1) is 0 Å². The Kier molecular flexibility index (Phi) is 6.01. The van der Waals surface area contributed by atoms with Gasteiger partial charge in [0.05, 0.1) is 13.0 Å². The molecule has 1 aliphatic rings. The maximum Gasteiger partial charge on any atom is 0.410 e. The fourth-order valence-electron chi connectivity index (χ4n) is 2.34. The number of rotatable bonds is 3. The minimum atomic E-state index is -0.471. The molecule has 1 saturated heterocycles. The van der Waals surface area contributed by atoms with Crippen molar-refractivity contribution in [1.82, 2.24) is 9.80 Å². The first kappa shape index (κ1) is 17.8. The van der Waals surface area contributed by atoms with Crippen LogP contribution in [-0.2, 0) is 14.3 Å². The van der Waals surface area contributed by atoms with Gasteiger partial charge in [-0.05, 0) is 27.7 Å². The quantitative estimate of drug-likeness (QED) is 0.743. The number of hydrogen-bond acceptors (Lipinski definition) is 5. The van der Waals surface area contributed by atoms with Crippen molar-refractivity contribution in [2.75, 3.05) is 33.3 Å². The van der Waals surface area contributed by atoms with Crippen molar-refractivity contribution in [3.05, 3.63) is 0 Å². The second-order valence-corrected chi connectivity index (χ2v) is 6.56. The standard InChI is InChI=1S/C15H28N2O4/c1-11(13(18)20-6)12(2)16-7-9-17(10-8-16)14(19)21-15(3,4)5/h11-12H,7-10H2,1-6H3. The SMILES string of the molecule is COC(=O)C(C)C(C)N1CCN(C(=O)OC(C)(C)C)CC1. The molecule has 0 spiro atoms. The lowest BCUT2D eigenvalue weighted by Crippen LogP contribution is -2.54. The summed E-state index contributed by atoms with van der Waals surface area (Å²) >= 11 is 0. The average Bonchev–Trinajstić information content (AvgIpc) is 2.43. The molecule has 0 aromatic heterocycles. The predicted molar refractivity (Wildman–Crippen MR) is 80.0 cm³/mol. The Hall–Kier alpha value is -1.30. The molecule has 1 aliphatic heterocycles. The van der Waals surface area contributed by atoms with Crippen molar-refractivity contribution in [2.24, 2.45) is 5.92 Å². The highest BCUT2D eigenvalue weighted by Gasteiger charge is 2.31. The van der Waals surface area contributed by atoms with Gasteiger partial charge >= 0.3 is 12.1 Å². The number of amides is 1. The maximum absolute atomic E-state index is 12.0. The Labute approximate surface area is 127 Å². The van der Waals surface area contributed by atoms with Crippen molar-refractivity contribution < 1.29 is 19.1 Å². The lowest BCUT2D eigenvalue weighted by atomic mass is 10.0. The van der Waals surface area contributed by atoms with E-state index in [0.717, 1.165) is 13.1 Å². The van der Waals surface area contributed by atoms with E-state index in [0.29, 0.717) is 13.1 Å². The van der Waals surface area contributed by atoms with Gasteiger partial charge < -0.3 is 14.4 Å². The summed E-state index contributed by atoms with van der Waals surface area (Å²) in [4.78, 5) is 27.5. The molecule has 122 valence electrons. The number of esters is 1. The molecule has 0 aliphatic carbocycles. The third kappa shape index (κ3) is 5.19. The molecule has 1 heterocycles. The van der Waals surface area contributed by atoms with E-state index in [1.165, 1.54) is 7.11 Å². The van der Waals surface area contributed by atoms with Crippen LogP contribution in [0.4, 0.5) is 4.79 Å². The molecule has 2 unspecified atom stereocenters. The summed E-state index contributed by atoms with van der Waals surface area (Å²) in [6.45, 7) is 12.2. The number of hydrogen-bond donors (Lipinski definition) is 0. The maximum atomic E-state index is 12.0. The van der Waals surface area contributed by atoms with E-state index in [2.05, 4.69) is 4.90 Å². The number of nitrogens with zero attached hydrogens (tertiary/aromatic N) is 2. The van der Waals surface area contributed by atoms with Gasteiger partial charge in [0.2, 0.25) is 0 Å². The largest absolute Gasteiger partial charge is 0.469 e. The lowest BCUT2D eigenvalue weighted by Gasteiger charge is -2.39. The van der Waals surface area contributed by atoms with Crippen molar-refractivity contribution in [2.45, 2.75) is 46.3 Å². The van der Waals surface area contributed by atoms with E-state index in [1.807, 2.05) is 34.6 Å². The van der Waals surface area contributed by atoms with Gasteiger partial charge in [0.1, 0.15) is 5.60 Å². The molecule has 0 bridgehead atoms. The monoisotopic (exact) mass is 300 g/mol. The molecule has 1 fully saturated rings. The molecule has 1 rings (SSSR count). The molecule has 1 amide bonds. The Morgan fingerprint density at radius 1 is 1.05 bits per heavy atom. The lowest BCUT2D eigenvalue weighted by molar-refractivity contribution is -0.147. The molecule has 6 nitrogen and oxygen atoms in total. The minimum absolute atomic E-state index is 0.0956. The Balaban J connectivity index is 2.48. The van der Waals surface area contributed by atoms with E-state index < -0.39 is 5.60 Å². The fourth-order valence-corrected chi connectivity index (χ4v) is 2.34. The highest BCUT2D eigenvalue weighted by Crippen LogP contribution is 2.17. The molecule has 0 aromatic carbocycles. The molecule has 21 heavy (non-hydrogen) atoms. The first-order chi connectivity index (χ1) is 9.65. The van der Waals surface area contributed by atoms with Crippen LogP contribution in [0, 0.1) is 5.92 Å². The minimum Gasteiger partial charge on any atom is -0.469 e. The summed E-state index contributed by atoms with van der Waals surface area (Å²) in [6, 6.07) is 0.0956. The van der Waals surface area contributed by atoms with Crippen molar-refractivity contribution >= 4 is 12.1 Å². The van der Waals surface area contributed by atoms with Gasteiger partial charge in [0, 0.05) is 32.2 Å². The Bertz CT molecular complexity index is 370. The van der Waals surface area contributed by atoms with E-state index >= 15 is 0 Å².